The summed E-state index contributed by atoms with van der Waals surface area (Å²) in [5.74, 6) is 1.82. The minimum Gasteiger partial charge on any atom is -0.438 e. The average molecular weight is 563 g/mol. The number of pyridine rings is 1. The quantitative estimate of drug-likeness (QED) is 0.215. The normalized spacial score (nSPS) is 12.1. The Kier molecular flexibility index (Phi) is 4.66. The molecule has 0 aliphatic carbocycles. The van der Waals surface area contributed by atoms with Gasteiger partial charge in [0.05, 0.1) is 22.0 Å². The van der Waals surface area contributed by atoms with Gasteiger partial charge in [-0.15, -0.1) is 0 Å². The second kappa shape index (κ2) is 8.72. The van der Waals surface area contributed by atoms with Gasteiger partial charge in [-0.2, -0.15) is 0 Å². The first-order valence-corrected chi connectivity index (χ1v) is 14.7. The van der Waals surface area contributed by atoms with E-state index in [0.717, 1.165) is 44.3 Å². The molecule has 0 atom stereocenters. The van der Waals surface area contributed by atoms with Crippen molar-refractivity contribution >= 4 is 60.0 Å². The van der Waals surface area contributed by atoms with E-state index in [4.69, 9.17) is 19.4 Å². The summed E-state index contributed by atoms with van der Waals surface area (Å²) < 4.78 is 9.28. The van der Waals surface area contributed by atoms with Gasteiger partial charge in [0, 0.05) is 32.7 Å². The van der Waals surface area contributed by atoms with Crippen molar-refractivity contribution < 1.29 is 4.42 Å². The first kappa shape index (κ1) is 23.5. The zero-order chi connectivity index (χ0) is 28.8. The van der Waals surface area contributed by atoms with Gasteiger partial charge in [-0.1, -0.05) is 121 Å². The Balaban J connectivity index is 1.35. The molecule has 0 aliphatic heterocycles. The second-order valence-electron chi connectivity index (χ2n) is 11.2. The van der Waals surface area contributed by atoms with Gasteiger partial charge in [0.25, 0.3) is 0 Å². The fraction of sp³-hybridized carbons (Fsp3) is 0. The lowest BCUT2D eigenvalue weighted by Gasteiger charge is -2.09. The Hall–Kier alpha value is -6.07. The molecule has 0 fully saturated rings. The molecule has 10 aromatic rings. The van der Waals surface area contributed by atoms with Gasteiger partial charge < -0.3 is 4.42 Å². The molecule has 44 heavy (non-hydrogen) atoms. The van der Waals surface area contributed by atoms with Crippen molar-refractivity contribution in [2.45, 2.75) is 0 Å². The molecule has 204 valence electrons. The van der Waals surface area contributed by atoms with Crippen molar-refractivity contribution in [3.8, 4) is 34.2 Å². The van der Waals surface area contributed by atoms with E-state index in [9.17, 15) is 0 Å². The minimum absolute atomic E-state index is 0.577. The maximum Gasteiger partial charge on any atom is 0.213 e. The SMILES string of the molecule is c1ccc(-c2nc(-c3ccccc3)nc(-c3cccc4c3oc3c4c4cccc5ccc6c7ccccc7n3c6c54)n2)cc1. The van der Waals surface area contributed by atoms with Crippen LogP contribution in [0.2, 0.25) is 0 Å². The molecule has 0 aliphatic rings. The third-order valence-corrected chi connectivity index (χ3v) is 8.79. The van der Waals surface area contributed by atoms with Crippen molar-refractivity contribution in [1.82, 2.24) is 19.4 Å². The molecule has 10 rings (SSSR count). The maximum atomic E-state index is 6.97. The highest BCUT2D eigenvalue weighted by Gasteiger charge is 2.24. The van der Waals surface area contributed by atoms with Gasteiger partial charge in [0.15, 0.2) is 17.5 Å². The van der Waals surface area contributed by atoms with Gasteiger partial charge >= 0.3 is 0 Å². The number of hydrogen-bond acceptors (Lipinski definition) is 4. The number of benzene rings is 6. The number of fused-ring (bicyclic) bond motifs is 8. The van der Waals surface area contributed by atoms with Crippen LogP contribution in [0.25, 0.3) is 94.2 Å². The van der Waals surface area contributed by atoms with E-state index in [1.165, 1.54) is 32.4 Å². The van der Waals surface area contributed by atoms with Crippen LogP contribution in [0.5, 0.6) is 0 Å². The van der Waals surface area contributed by atoms with Crippen molar-refractivity contribution in [1.29, 1.82) is 0 Å². The third kappa shape index (κ3) is 3.15. The highest BCUT2D eigenvalue weighted by Crippen LogP contribution is 2.45. The first-order valence-electron chi connectivity index (χ1n) is 14.7. The van der Waals surface area contributed by atoms with Crippen LogP contribution in [-0.4, -0.2) is 19.4 Å². The first-order chi connectivity index (χ1) is 21.8. The average Bonchev–Trinajstić information content (AvgIpc) is 3.65. The maximum absolute atomic E-state index is 6.97. The van der Waals surface area contributed by atoms with Gasteiger partial charge in [0.1, 0.15) is 5.58 Å². The Morgan fingerprint density at radius 3 is 1.86 bits per heavy atom. The smallest absolute Gasteiger partial charge is 0.213 e. The molecule has 0 saturated carbocycles. The molecule has 0 bridgehead atoms. The van der Waals surface area contributed by atoms with E-state index in [-0.39, 0.29) is 0 Å². The summed E-state index contributed by atoms with van der Waals surface area (Å²) in [6.45, 7) is 0. The molecule has 0 amide bonds. The minimum atomic E-state index is 0.577. The zero-order valence-corrected chi connectivity index (χ0v) is 23.4. The highest BCUT2D eigenvalue weighted by atomic mass is 16.3. The highest BCUT2D eigenvalue weighted by molar-refractivity contribution is 6.31. The fourth-order valence-electron chi connectivity index (χ4n) is 6.88. The summed E-state index contributed by atoms with van der Waals surface area (Å²) in [6, 6.07) is 46.0. The number of aromatic nitrogens is 4. The predicted molar refractivity (Wildman–Crippen MR) is 178 cm³/mol. The number of furan rings is 1. The number of rotatable bonds is 3. The number of nitrogens with zero attached hydrogens (tertiary/aromatic N) is 4. The standard InChI is InChI=1S/C39H22N4O/c1-3-11-24(12-4-1)36-40-37(25-13-5-2-6-14-25)42-38(41-36)30-19-10-18-29-33-28-17-9-15-23-21-22-27-26-16-7-8-20-31(26)43(34(27)32(23)28)39(33)44-35(29)30/h1-22H. The lowest BCUT2D eigenvalue weighted by atomic mass is 9.98. The van der Waals surface area contributed by atoms with Crippen molar-refractivity contribution in [2.75, 3.05) is 0 Å². The Bertz CT molecular complexity index is 2650. The fourth-order valence-corrected chi connectivity index (χ4v) is 6.88. The summed E-state index contributed by atoms with van der Waals surface area (Å²) in [4.78, 5) is 14.9. The number of hydrogen-bond donors (Lipinski definition) is 0. The van der Waals surface area contributed by atoms with Crippen LogP contribution in [0.1, 0.15) is 0 Å². The molecule has 0 unspecified atom stereocenters. The zero-order valence-electron chi connectivity index (χ0n) is 23.4. The van der Waals surface area contributed by atoms with Crippen molar-refractivity contribution in [3.05, 3.63) is 133 Å². The molecule has 0 spiro atoms. The van der Waals surface area contributed by atoms with Gasteiger partial charge in [-0.05, 0) is 22.9 Å². The summed E-state index contributed by atoms with van der Waals surface area (Å²) >= 11 is 0. The molecule has 5 nitrogen and oxygen atoms in total. The van der Waals surface area contributed by atoms with E-state index in [1.54, 1.807) is 0 Å². The van der Waals surface area contributed by atoms with E-state index in [0.29, 0.717) is 17.5 Å². The molecular weight excluding hydrogens is 540 g/mol. The van der Waals surface area contributed by atoms with Crippen LogP contribution in [0, 0.1) is 0 Å². The van der Waals surface area contributed by atoms with Gasteiger partial charge in [0.2, 0.25) is 5.71 Å². The third-order valence-electron chi connectivity index (χ3n) is 8.79. The monoisotopic (exact) mass is 562 g/mol. The summed E-state index contributed by atoms with van der Waals surface area (Å²) in [5.41, 5.74) is 6.60. The lowest BCUT2D eigenvalue weighted by molar-refractivity contribution is 0.651. The topological polar surface area (TPSA) is 56.2 Å². The van der Waals surface area contributed by atoms with Crippen LogP contribution < -0.4 is 0 Å². The Labute approximate surface area is 251 Å². The second-order valence-corrected chi connectivity index (χ2v) is 11.2. The van der Waals surface area contributed by atoms with Crippen LogP contribution in [0.4, 0.5) is 0 Å². The molecule has 4 heterocycles. The molecule has 0 saturated heterocycles. The van der Waals surface area contributed by atoms with Crippen molar-refractivity contribution in [3.63, 3.8) is 0 Å². The van der Waals surface area contributed by atoms with E-state index >= 15 is 0 Å². The molecule has 6 aromatic carbocycles. The van der Waals surface area contributed by atoms with Crippen LogP contribution >= 0.6 is 0 Å². The molecule has 5 heteroatoms. The molecule has 0 N–H and O–H groups in total. The summed E-state index contributed by atoms with van der Waals surface area (Å²) in [7, 11) is 0. The van der Waals surface area contributed by atoms with E-state index in [2.05, 4.69) is 71.1 Å². The molecular formula is C39H22N4O. The van der Waals surface area contributed by atoms with E-state index in [1.807, 2.05) is 66.7 Å². The van der Waals surface area contributed by atoms with Crippen LogP contribution in [0.3, 0.4) is 0 Å². The predicted octanol–water partition coefficient (Wildman–Crippen LogP) is 9.92. The Morgan fingerprint density at radius 1 is 0.455 bits per heavy atom. The molecule has 4 aromatic heterocycles. The summed E-state index contributed by atoms with van der Waals surface area (Å²) in [5, 5.41) is 8.21. The number of para-hydroxylation sites is 2. The Morgan fingerprint density at radius 2 is 1.09 bits per heavy atom. The van der Waals surface area contributed by atoms with Gasteiger partial charge in [-0.3, -0.25) is 4.40 Å². The van der Waals surface area contributed by atoms with Gasteiger partial charge in [-0.25, -0.2) is 15.0 Å². The lowest BCUT2D eigenvalue weighted by Crippen LogP contribution is -2.00. The summed E-state index contributed by atoms with van der Waals surface area (Å²) in [6.07, 6.45) is 0. The largest absolute Gasteiger partial charge is 0.438 e. The van der Waals surface area contributed by atoms with Crippen LogP contribution in [-0.2, 0) is 0 Å². The molecule has 0 radical (unpaired) electrons. The van der Waals surface area contributed by atoms with E-state index < -0.39 is 0 Å². The van der Waals surface area contributed by atoms with Crippen LogP contribution in [0.15, 0.2) is 138 Å². The van der Waals surface area contributed by atoms with Crippen molar-refractivity contribution in [2.24, 2.45) is 0 Å².